The molecule has 10 heteroatoms. The second-order valence-electron chi connectivity index (χ2n) is 7.52. The van der Waals surface area contributed by atoms with E-state index < -0.39 is 11.7 Å². The molecule has 0 radical (unpaired) electrons. The van der Waals surface area contributed by atoms with E-state index in [0.717, 1.165) is 23.8 Å². The Balaban J connectivity index is 1.55. The van der Waals surface area contributed by atoms with Crippen molar-refractivity contribution < 1.29 is 23.1 Å². The minimum atomic E-state index is -4.51. The Morgan fingerprint density at radius 2 is 1.82 bits per heavy atom. The molecule has 0 unspecified atom stereocenters. The van der Waals surface area contributed by atoms with Crippen molar-refractivity contribution in [1.29, 1.82) is 0 Å². The molecule has 6 nitrogen and oxygen atoms in total. The molecule has 0 aliphatic rings. The molecule has 0 aliphatic carbocycles. The minimum absolute atomic E-state index is 0.0292. The van der Waals surface area contributed by atoms with Gasteiger partial charge in [-0.2, -0.15) is 18.3 Å². The highest BCUT2D eigenvalue weighted by Crippen LogP contribution is 2.33. The lowest BCUT2D eigenvalue weighted by Gasteiger charge is -2.10. The number of hydrogen-bond donors (Lipinski definition) is 2. The summed E-state index contributed by atoms with van der Waals surface area (Å²) in [4.78, 5) is 16.5. The number of fused-ring (bicyclic) bond motifs is 1. The first-order valence-electron chi connectivity index (χ1n) is 9.85. The quantitative estimate of drug-likeness (QED) is 0.429. The van der Waals surface area contributed by atoms with Gasteiger partial charge in [0.15, 0.2) is 5.82 Å². The number of nitrogens with two attached hydrogens (primary N) is 1. The average molecular weight is 475 g/mol. The first-order chi connectivity index (χ1) is 15.7. The highest BCUT2D eigenvalue weighted by molar-refractivity contribution is 6.31. The lowest BCUT2D eigenvalue weighted by atomic mass is 9.98. The van der Waals surface area contributed by atoms with E-state index in [1.165, 1.54) is 6.33 Å². The van der Waals surface area contributed by atoms with Crippen LogP contribution in [0.4, 0.5) is 19.0 Å². The van der Waals surface area contributed by atoms with Gasteiger partial charge in [0.05, 0.1) is 12.2 Å². The van der Waals surface area contributed by atoms with Crippen LogP contribution < -0.4 is 5.73 Å². The van der Waals surface area contributed by atoms with Gasteiger partial charge in [-0.3, -0.25) is 4.79 Å². The van der Waals surface area contributed by atoms with E-state index in [1.807, 2.05) is 0 Å². The number of carbonyl (C=O) groups is 1. The zero-order valence-electron chi connectivity index (χ0n) is 17.1. The highest BCUT2D eigenvalue weighted by atomic mass is 35.5. The number of carbonyl (C=O) groups excluding carboxylic acids is 1. The summed E-state index contributed by atoms with van der Waals surface area (Å²) in [6.07, 6.45) is -1.71. The second kappa shape index (κ2) is 8.84. The van der Waals surface area contributed by atoms with Gasteiger partial charge in [0.1, 0.15) is 17.6 Å². The summed E-state index contributed by atoms with van der Waals surface area (Å²) < 4.78 is 40.4. The number of alkyl halides is 3. The number of Topliss-reactive ketones (excluding diaryl/α,β-unsaturated/α-hetero) is 1. The van der Waals surface area contributed by atoms with Crippen molar-refractivity contribution in [2.24, 2.45) is 0 Å². The number of aliphatic hydroxyl groups is 1. The van der Waals surface area contributed by atoms with Crippen molar-refractivity contribution in [3.63, 3.8) is 0 Å². The number of halogens is 4. The first-order valence-corrected chi connectivity index (χ1v) is 10.2. The Labute approximate surface area is 191 Å². The SMILES string of the molecule is Nc1ncnn2cc(CO)c(-c3ccc(CC(=O)Cc4cc(C(F)(F)F)ccc4Cl)cc3)c12. The maximum Gasteiger partial charge on any atom is 0.416 e. The molecule has 3 N–H and O–H groups in total. The maximum atomic E-state index is 13.0. The van der Waals surface area contributed by atoms with Crippen molar-refractivity contribution in [3.05, 3.63) is 82.3 Å². The summed E-state index contributed by atoms with van der Waals surface area (Å²) in [5.41, 5.74) is 8.59. The van der Waals surface area contributed by atoms with Gasteiger partial charge in [0.25, 0.3) is 0 Å². The molecule has 4 rings (SSSR count). The minimum Gasteiger partial charge on any atom is -0.392 e. The fraction of sp³-hybridized carbons (Fsp3) is 0.174. The monoisotopic (exact) mass is 474 g/mol. The number of benzene rings is 2. The summed E-state index contributed by atoms with van der Waals surface area (Å²) in [6.45, 7) is -0.226. The normalized spacial score (nSPS) is 11.8. The standard InChI is InChI=1S/C23H18ClF3N4O2/c24-19-6-5-17(23(25,26)27)8-15(19)9-18(33)7-13-1-3-14(4-2-13)20-16(11-32)10-31-21(20)22(28)29-12-30-31/h1-6,8,10,12,32H,7,9,11H2,(H2,28,29,30). The van der Waals surface area contributed by atoms with Crippen LogP contribution in [0.1, 0.15) is 22.3 Å². The lowest BCUT2D eigenvalue weighted by molar-refractivity contribution is -0.137. The van der Waals surface area contributed by atoms with Crippen molar-refractivity contribution in [3.8, 4) is 11.1 Å². The number of anilines is 1. The molecule has 0 fully saturated rings. The zero-order valence-corrected chi connectivity index (χ0v) is 17.9. The Morgan fingerprint density at radius 1 is 1.09 bits per heavy atom. The van der Waals surface area contributed by atoms with Gasteiger partial charge in [-0.25, -0.2) is 9.50 Å². The van der Waals surface area contributed by atoms with Crippen molar-refractivity contribution in [2.45, 2.75) is 25.6 Å². The van der Waals surface area contributed by atoms with Crippen molar-refractivity contribution in [1.82, 2.24) is 14.6 Å². The lowest BCUT2D eigenvalue weighted by Crippen LogP contribution is -2.10. The van der Waals surface area contributed by atoms with Gasteiger partial charge in [-0.1, -0.05) is 35.9 Å². The number of nitrogen functional groups attached to an aromatic ring is 1. The molecule has 2 aromatic heterocycles. The molecule has 2 aromatic carbocycles. The number of rotatable bonds is 6. The number of aliphatic hydroxyl groups excluding tert-OH is 1. The third-order valence-electron chi connectivity index (χ3n) is 5.26. The van der Waals surface area contributed by atoms with Gasteiger partial charge in [0, 0.05) is 35.2 Å². The van der Waals surface area contributed by atoms with Crippen LogP contribution in [0.3, 0.4) is 0 Å². The van der Waals surface area contributed by atoms with E-state index in [4.69, 9.17) is 17.3 Å². The molecule has 0 amide bonds. The second-order valence-corrected chi connectivity index (χ2v) is 7.93. The molecule has 0 atom stereocenters. The smallest absolute Gasteiger partial charge is 0.392 e. The first kappa shape index (κ1) is 22.8. The zero-order chi connectivity index (χ0) is 23.8. The summed E-state index contributed by atoms with van der Waals surface area (Å²) in [5.74, 6) is -0.0103. The Bertz CT molecular complexity index is 1330. The predicted octanol–water partition coefficient (Wildman–Crippen LogP) is 4.50. The molecule has 33 heavy (non-hydrogen) atoms. The van der Waals surface area contributed by atoms with E-state index in [-0.39, 0.29) is 41.6 Å². The number of hydrogen-bond acceptors (Lipinski definition) is 5. The van der Waals surface area contributed by atoms with Gasteiger partial charge in [-0.05, 0) is 34.9 Å². The van der Waals surface area contributed by atoms with E-state index in [0.29, 0.717) is 22.2 Å². The van der Waals surface area contributed by atoms with Crippen LogP contribution in [-0.2, 0) is 30.4 Å². The third-order valence-corrected chi connectivity index (χ3v) is 5.62. The van der Waals surface area contributed by atoms with Crippen LogP contribution in [0.2, 0.25) is 5.02 Å². The summed E-state index contributed by atoms with van der Waals surface area (Å²) in [6, 6.07) is 9.99. The van der Waals surface area contributed by atoms with Crippen LogP contribution in [0.5, 0.6) is 0 Å². The van der Waals surface area contributed by atoms with Gasteiger partial charge >= 0.3 is 6.18 Å². The number of nitrogens with zero attached hydrogens (tertiary/aromatic N) is 3. The van der Waals surface area contributed by atoms with E-state index in [1.54, 1.807) is 35.0 Å². The summed E-state index contributed by atoms with van der Waals surface area (Å²) in [5, 5.41) is 14.0. The van der Waals surface area contributed by atoms with Gasteiger partial charge in [0.2, 0.25) is 0 Å². The van der Waals surface area contributed by atoms with Crippen LogP contribution >= 0.6 is 11.6 Å². The molecule has 0 saturated heterocycles. The van der Waals surface area contributed by atoms with Crippen LogP contribution in [-0.4, -0.2) is 25.5 Å². The van der Waals surface area contributed by atoms with E-state index in [9.17, 15) is 23.1 Å². The molecule has 0 aliphatic heterocycles. The summed E-state index contributed by atoms with van der Waals surface area (Å²) >= 11 is 6.00. The molecule has 0 spiro atoms. The van der Waals surface area contributed by atoms with Gasteiger partial charge in [-0.15, -0.1) is 0 Å². The Morgan fingerprint density at radius 3 is 2.48 bits per heavy atom. The molecular formula is C23H18ClF3N4O2. The van der Waals surface area contributed by atoms with E-state index >= 15 is 0 Å². The third kappa shape index (κ3) is 4.69. The predicted molar refractivity (Wildman–Crippen MR) is 118 cm³/mol. The molecule has 0 saturated carbocycles. The Hall–Kier alpha value is -3.43. The average Bonchev–Trinajstić information content (AvgIpc) is 3.15. The fourth-order valence-corrected chi connectivity index (χ4v) is 3.89. The molecular weight excluding hydrogens is 457 g/mol. The fourth-order valence-electron chi connectivity index (χ4n) is 3.71. The number of aromatic nitrogens is 3. The van der Waals surface area contributed by atoms with Crippen LogP contribution in [0.25, 0.3) is 16.6 Å². The van der Waals surface area contributed by atoms with Gasteiger partial charge < -0.3 is 10.8 Å². The number of ketones is 1. The van der Waals surface area contributed by atoms with E-state index in [2.05, 4.69) is 10.1 Å². The van der Waals surface area contributed by atoms with Crippen molar-refractivity contribution in [2.75, 3.05) is 5.73 Å². The highest BCUT2D eigenvalue weighted by Gasteiger charge is 2.31. The molecule has 170 valence electrons. The van der Waals surface area contributed by atoms with Crippen molar-refractivity contribution >= 4 is 28.7 Å². The largest absolute Gasteiger partial charge is 0.416 e. The molecule has 2 heterocycles. The maximum absolute atomic E-state index is 13.0. The Kier molecular flexibility index (Phi) is 6.09. The van der Waals surface area contributed by atoms with Crippen LogP contribution in [0, 0.1) is 0 Å². The topological polar surface area (TPSA) is 93.5 Å². The molecule has 4 aromatic rings. The van der Waals surface area contributed by atoms with Crippen LogP contribution in [0.15, 0.2) is 55.0 Å². The summed E-state index contributed by atoms with van der Waals surface area (Å²) in [7, 11) is 0. The molecule has 0 bridgehead atoms.